The minimum absolute atomic E-state index is 0.134. The second kappa shape index (κ2) is 4.21. The largest absolute Gasteiger partial charge is 0.416 e. The summed E-state index contributed by atoms with van der Waals surface area (Å²) in [4.78, 5) is -0.736. The first-order valence-electron chi connectivity index (χ1n) is 3.50. The van der Waals surface area contributed by atoms with Crippen molar-refractivity contribution in [3.8, 4) is 0 Å². The number of hydrogen-bond acceptors (Lipinski definition) is 1. The fourth-order valence-electron chi connectivity index (χ4n) is 0.905. The zero-order valence-electron chi connectivity index (χ0n) is 6.65. The third-order valence-electron chi connectivity index (χ3n) is 1.59. The summed E-state index contributed by atoms with van der Waals surface area (Å²) < 4.78 is 36.6. The van der Waals surface area contributed by atoms with Crippen molar-refractivity contribution in [2.24, 2.45) is 0 Å². The molecular weight excluding hydrogens is 256 g/mol. The monoisotopic (exact) mass is 260 g/mol. The van der Waals surface area contributed by atoms with Gasteiger partial charge in [-0.1, -0.05) is 6.07 Å². The molecule has 1 rings (SSSR count). The standard InChI is InChI=1S/C8H5Cl2F3S/c9-7(10)5-2-1-4(3-6(5)14)8(11,12)13/h1-3,7,14H. The van der Waals surface area contributed by atoms with Gasteiger partial charge >= 0.3 is 6.18 Å². The third-order valence-corrected chi connectivity index (χ3v) is 2.45. The van der Waals surface area contributed by atoms with Gasteiger partial charge in [0.1, 0.15) is 4.84 Å². The van der Waals surface area contributed by atoms with E-state index in [4.69, 9.17) is 23.2 Å². The van der Waals surface area contributed by atoms with Crippen LogP contribution in [0.25, 0.3) is 0 Å². The minimum atomic E-state index is -4.37. The van der Waals surface area contributed by atoms with Crippen molar-refractivity contribution in [2.45, 2.75) is 15.9 Å². The SMILES string of the molecule is FC(F)(F)c1ccc(C(Cl)Cl)c(S)c1. The summed E-state index contributed by atoms with van der Waals surface area (Å²) in [7, 11) is 0. The van der Waals surface area contributed by atoms with Crippen molar-refractivity contribution in [3.05, 3.63) is 29.3 Å². The zero-order chi connectivity index (χ0) is 10.9. The highest BCUT2D eigenvalue weighted by Crippen LogP contribution is 2.35. The van der Waals surface area contributed by atoms with Crippen LogP contribution in [0.2, 0.25) is 0 Å². The van der Waals surface area contributed by atoms with Crippen molar-refractivity contribution in [1.82, 2.24) is 0 Å². The third kappa shape index (κ3) is 2.72. The summed E-state index contributed by atoms with van der Waals surface area (Å²) in [5, 5.41) is 0. The number of halogens is 5. The topological polar surface area (TPSA) is 0 Å². The smallest absolute Gasteiger partial charge is 0.166 e. The van der Waals surface area contributed by atoms with E-state index in [0.717, 1.165) is 12.1 Å². The van der Waals surface area contributed by atoms with Gasteiger partial charge in [-0.15, -0.1) is 35.8 Å². The molecule has 0 saturated carbocycles. The van der Waals surface area contributed by atoms with Crippen LogP contribution in [-0.2, 0) is 6.18 Å². The van der Waals surface area contributed by atoms with E-state index in [1.165, 1.54) is 6.07 Å². The lowest BCUT2D eigenvalue weighted by molar-refractivity contribution is -0.137. The lowest BCUT2D eigenvalue weighted by atomic mass is 10.1. The molecule has 0 aliphatic rings. The molecule has 0 nitrogen and oxygen atoms in total. The predicted octanol–water partition coefficient (Wildman–Crippen LogP) is 4.47. The molecule has 0 aliphatic heterocycles. The van der Waals surface area contributed by atoms with E-state index >= 15 is 0 Å². The molecular formula is C8H5Cl2F3S. The number of rotatable bonds is 1. The van der Waals surface area contributed by atoms with Crippen LogP contribution in [-0.4, -0.2) is 0 Å². The van der Waals surface area contributed by atoms with Crippen molar-refractivity contribution in [1.29, 1.82) is 0 Å². The van der Waals surface area contributed by atoms with E-state index < -0.39 is 16.6 Å². The summed E-state index contributed by atoms with van der Waals surface area (Å²) in [5.41, 5.74) is -0.398. The highest BCUT2D eigenvalue weighted by Gasteiger charge is 2.30. The summed E-state index contributed by atoms with van der Waals surface area (Å²) in [6.07, 6.45) is -4.37. The van der Waals surface area contributed by atoms with Crippen molar-refractivity contribution >= 4 is 35.8 Å². The van der Waals surface area contributed by atoms with Gasteiger partial charge in [0.2, 0.25) is 0 Å². The summed E-state index contributed by atoms with van der Waals surface area (Å²) in [6, 6.07) is 3.04. The molecule has 0 aromatic heterocycles. The van der Waals surface area contributed by atoms with Gasteiger partial charge in [-0.2, -0.15) is 13.2 Å². The van der Waals surface area contributed by atoms with Crippen LogP contribution in [0.1, 0.15) is 16.0 Å². The molecule has 0 amide bonds. The van der Waals surface area contributed by atoms with E-state index in [2.05, 4.69) is 12.6 Å². The highest BCUT2D eigenvalue weighted by atomic mass is 35.5. The van der Waals surface area contributed by atoms with E-state index in [-0.39, 0.29) is 4.90 Å². The van der Waals surface area contributed by atoms with Gasteiger partial charge in [-0.3, -0.25) is 0 Å². The summed E-state index contributed by atoms with van der Waals surface area (Å²) in [6.45, 7) is 0. The summed E-state index contributed by atoms with van der Waals surface area (Å²) in [5.74, 6) is 0. The maximum Gasteiger partial charge on any atom is 0.416 e. The molecule has 0 spiro atoms. The minimum Gasteiger partial charge on any atom is -0.166 e. The van der Waals surface area contributed by atoms with Crippen LogP contribution in [0.4, 0.5) is 13.2 Å². The van der Waals surface area contributed by atoms with Gasteiger partial charge in [0.25, 0.3) is 0 Å². The maximum absolute atomic E-state index is 12.2. The Morgan fingerprint density at radius 3 is 2.14 bits per heavy atom. The van der Waals surface area contributed by atoms with E-state index in [1.807, 2.05) is 0 Å². The molecule has 0 atom stereocenters. The molecule has 0 unspecified atom stereocenters. The van der Waals surface area contributed by atoms with Crippen molar-refractivity contribution in [2.75, 3.05) is 0 Å². The average molecular weight is 261 g/mol. The molecule has 0 N–H and O–H groups in total. The first-order chi connectivity index (χ1) is 6.32. The van der Waals surface area contributed by atoms with Gasteiger partial charge in [0, 0.05) is 4.90 Å². The number of thiol groups is 1. The molecule has 0 saturated heterocycles. The van der Waals surface area contributed by atoms with E-state index in [9.17, 15) is 13.2 Å². The van der Waals surface area contributed by atoms with Crippen LogP contribution >= 0.6 is 35.8 Å². The molecule has 1 aromatic rings. The normalized spacial score (nSPS) is 12.2. The van der Waals surface area contributed by atoms with Crippen LogP contribution in [0.5, 0.6) is 0 Å². The predicted molar refractivity (Wildman–Crippen MR) is 53.1 cm³/mol. The Labute approximate surface area is 94.4 Å². The molecule has 0 bridgehead atoms. The van der Waals surface area contributed by atoms with Gasteiger partial charge < -0.3 is 0 Å². The lowest BCUT2D eigenvalue weighted by Gasteiger charge is -2.10. The van der Waals surface area contributed by atoms with Gasteiger partial charge in [-0.05, 0) is 17.7 Å². The summed E-state index contributed by atoms with van der Waals surface area (Å²) >= 11 is 14.9. The second-order valence-corrected chi connectivity index (χ2v) is 4.15. The number of alkyl halides is 5. The molecule has 1 aromatic carbocycles. The van der Waals surface area contributed by atoms with Crippen LogP contribution in [0.15, 0.2) is 23.1 Å². The zero-order valence-corrected chi connectivity index (χ0v) is 9.05. The van der Waals surface area contributed by atoms with Gasteiger partial charge in [-0.25, -0.2) is 0 Å². The Kier molecular flexibility index (Phi) is 3.61. The van der Waals surface area contributed by atoms with Crippen LogP contribution < -0.4 is 0 Å². The lowest BCUT2D eigenvalue weighted by Crippen LogP contribution is -2.05. The van der Waals surface area contributed by atoms with Gasteiger partial charge in [0.15, 0.2) is 0 Å². The first kappa shape index (κ1) is 12.0. The van der Waals surface area contributed by atoms with Crippen LogP contribution in [0, 0.1) is 0 Å². The van der Waals surface area contributed by atoms with Crippen LogP contribution in [0.3, 0.4) is 0 Å². The molecule has 0 fully saturated rings. The quantitative estimate of drug-likeness (QED) is 0.559. The molecule has 14 heavy (non-hydrogen) atoms. The Bertz CT molecular complexity index is 336. The number of benzene rings is 1. The average Bonchev–Trinajstić information content (AvgIpc) is 2.01. The molecule has 0 radical (unpaired) electrons. The molecule has 6 heteroatoms. The Hall–Kier alpha value is -0.0600. The molecule has 0 heterocycles. The van der Waals surface area contributed by atoms with E-state index in [0.29, 0.717) is 5.56 Å². The molecule has 0 aliphatic carbocycles. The highest BCUT2D eigenvalue weighted by molar-refractivity contribution is 7.80. The Morgan fingerprint density at radius 2 is 1.79 bits per heavy atom. The van der Waals surface area contributed by atoms with Crippen molar-refractivity contribution in [3.63, 3.8) is 0 Å². The van der Waals surface area contributed by atoms with Crippen molar-refractivity contribution < 1.29 is 13.2 Å². The number of hydrogen-bond donors (Lipinski definition) is 1. The fourth-order valence-corrected chi connectivity index (χ4v) is 1.78. The Balaban J connectivity index is 3.13. The van der Waals surface area contributed by atoms with Gasteiger partial charge in [0.05, 0.1) is 5.56 Å². The first-order valence-corrected chi connectivity index (χ1v) is 4.82. The molecule has 78 valence electrons. The van der Waals surface area contributed by atoms with E-state index in [1.54, 1.807) is 0 Å². The maximum atomic E-state index is 12.2. The second-order valence-electron chi connectivity index (χ2n) is 2.57. The fraction of sp³-hybridized carbons (Fsp3) is 0.250. The Morgan fingerprint density at radius 1 is 1.21 bits per heavy atom.